The van der Waals surface area contributed by atoms with Crippen LogP contribution >= 0.6 is 11.3 Å². The van der Waals surface area contributed by atoms with Crippen molar-refractivity contribution in [3.05, 3.63) is 40.5 Å². The molecule has 3 aromatic rings. The van der Waals surface area contributed by atoms with Gasteiger partial charge in [0.15, 0.2) is 17.3 Å². The summed E-state index contributed by atoms with van der Waals surface area (Å²) in [6.45, 7) is 3.03. The zero-order chi connectivity index (χ0) is 19.1. The van der Waals surface area contributed by atoms with Crippen molar-refractivity contribution in [2.45, 2.75) is 26.1 Å². The maximum Gasteiger partial charge on any atom is 0.269 e. The molecule has 1 N–H and O–H groups in total. The van der Waals surface area contributed by atoms with E-state index >= 15 is 0 Å². The third-order valence-electron chi connectivity index (χ3n) is 4.60. The largest absolute Gasteiger partial charge is 0.485 e. The van der Waals surface area contributed by atoms with Gasteiger partial charge >= 0.3 is 0 Å². The van der Waals surface area contributed by atoms with E-state index in [9.17, 15) is 4.79 Å². The molecule has 0 saturated heterocycles. The van der Waals surface area contributed by atoms with Gasteiger partial charge in [0, 0.05) is 4.88 Å². The number of rotatable bonds is 3. The predicted molar refractivity (Wildman–Crippen MR) is 101 cm³/mol. The third-order valence-corrected chi connectivity index (χ3v) is 5.72. The Morgan fingerprint density at radius 2 is 2.14 bits per heavy atom. The van der Waals surface area contributed by atoms with E-state index < -0.39 is 6.10 Å². The van der Waals surface area contributed by atoms with E-state index in [1.54, 1.807) is 13.0 Å². The molecule has 2 aliphatic rings. The Labute approximate surface area is 164 Å². The second-order valence-corrected chi connectivity index (χ2v) is 7.62. The Balaban J connectivity index is 1.44. The Kier molecular flexibility index (Phi) is 4.25. The molecule has 0 radical (unpaired) electrons. The maximum atomic E-state index is 12.9. The summed E-state index contributed by atoms with van der Waals surface area (Å²) < 4.78 is 22.4. The molecule has 1 atom stereocenters. The van der Waals surface area contributed by atoms with E-state index in [4.69, 9.17) is 18.7 Å². The standard InChI is InChI=1S/C19H17N3O5S/c1-10-20-18(27-22-10)16-11-6-7-24-9-15(11)28-19(16)21-17(23)14-8-25-12-4-2-3-5-13(12)26-14/h2-5,14H,6-9H2,1H3,(H,21,23). The van der Waals surface area contributed by atoms with Crippen molar-refractivity contribution in [1.82, 2.24) is 10.1 Å². The van der Waals surface area contributed by atoms with Gasteiger partial charge in [-0.25, -0.2) is 0 Å². The van der Waals surface area contributed by atoms with Crippen LogP contribution in [0.15, 0.2) is 28.8 Å². The van der Waals surface area contributed by atoms with Crippen LogP contribution in [-0.4, -0.2) is 35.4 Å². The van der Waals surface area contributed by atoms with Crippen molar-refractivity contribution < 1.29 is 23.5 Å². The Morgan fingerprint density at radius 1 is 1.29 bits per heavy atom. The molecule has 1 amide bonds. The van der Waals surface area contributed by atoms with Gasteiger partial charge in [0.05, 0.1) is 18.8 Å². The number of benzene rings is 1. The van der Waals surface area contributed by atoms with Crippen LogP contribution < -0.4 is 14.8 Å². The number of para-hydroxylation sites is 2. The van der Waals surface area contributed by atoms with Gasteiger partial charge in [0.2, 0.25) is 6.10 Å². The minimum absolute atomic E-state index is 0.145. The monoisotopic (exact) mass is 399 g/mol. The fourth-order valence-electron chi connectivity index (χ4n) is 3.29. The number of nitrogens with zero attached hydrogens (tertiary/aromatic N) is 2. The minimum Gasteiger partial charge on any atom is -0.485 e. The molecule has 4 heterocycles. The first kappa shape index (κ1) is 17.2. The molecular weight excluding hydrogens is 382 g/mol. The molecule has 144 valence electrons. The molecule has 0 spiro atoms. The Hall–Kier alpha value is -2.91. The van der Waals surface area contributed by atoms with Crippen molar-refractivity contribution in [1.29, 1.82) is 0 Å². The lowest BCUT2D eigenvalue weighted by atomic mass is 10.1. The molecule has 1 aromatic carbocycles. The summed E-state index contributed by atoms with van der Waals surface area (Å²) in [6, 6.07) is 7.29. The highest BCUT2D eigenvalue weighted by atomic mass is 32.1. The number of hydrogen-bond donors (Lipinski definition) is 1. The van der Waals surface area contributed by atoms with Gasteiger partial charge in [-0.05, 0) is 31.0 Å². The molecule has 1 unspecified atom stereocenters. The van der Waals surface area contributed by atoms with Crippen LogP contribution in [0.1, 0.15) is 16.3 Å². The first-order chi connectivity index (χ1) is 13.7. The molecule has 0 saturated carbocycles. The van der Waals surface area contributed by atoms with Crippen molar-refractivity contribution in [2.75, 3.05) is 18.5 Å². The average Bonchev–Trinajstić information content (AvgIpc) is 3.30. The Bertz CT molecular complexity index is 1040. The summed E-state index contributed by atoms with van der Waals surface area (Å²) in [5, 5.41) is 7.51. The number of amides is 1. The highest BCUT2D eigenvalue weighted by molar-refractivity contribution is 7.17. The molecule has 0 bridgehead atoms. The predicted octanol–water partition coefficient (Wildman–Crippen LogP) is 2.96. The summed E-state index contributed by atoms with van der Waals surface area (Å²) in [5.74, 6) is 1.85. The zero-order valence-corrected chi connectivity index (χ0v) is 15.9. The smallest absolute Gasteiger partial charge is 0.269 e. The van der Waals surface area contributed by atoms with Crippen LogP contribution in [0.25, 0.3) is 11.5 Å². The lowest BCUT2D eigenvalue weighted by Crippen LogP contribution is -2.40. The first-order valence-corrected chi connectivity index (χ1v) is 9.73. The fraction of sp³-hybridized carbons (Fsp3) is 0.316. The van der Waals surface area contributed by atoms with Crippen molar-refractivity contribution >= 4 is 22.2 Å². The van der Waals surface area contributed by atoms with Gasteiger partial charge in [-0.1, -0.05) is 17.3 Å². The quantitative estimate of drug-likeness (QED) is 0.723. The average molecular weight is 399 g/mol. The number of fused-ring (bicyclic) bond motifs is 2. The van der Waals surface area contributed by atoms with Crippen LogP contribution in [0.2, 0.25) is 0 Å². The number of nitrogens with one attached hydrogen (secondary N) is 1. The normalized spacial score (nSPS) is 17.8. The van der Waals surface area contributed by atoms with E-state index in [1.165, 1.54) is 11.3 Å². The van der Waals surface area contributed by atoms with Gasteiger partial charge in [0.25, 0.3) is 11.8 Å². The number of carbonyl (C=O) groups is 1. The number of ether oxygens (including phenoxy) is 3. The van der Waals surface area contributed by atoms with E-state index in [1.807, 2.05) is 18.2 Å². The summed E-state index contributed by atoms with van der Waals surface area (Å²) in [6.07, 6.45) is -0.0166. The summed E-state index contributed by atoms with van der Waals surface area (Å²) in [7, 11) is 0. The Morgan fingerprint density at radius 3 is 2.96 bits per heavy atom. The number of hydrogen-bond acceptors (Lipinski definition) is 8. The van der Waals surface area contributed by atoms with Crippen LogP contribution in [0, 0.1) is 6.92 Å². The SMILES string of the molecule is Cc1noc(-c2c(NC(=O)C3COc4ccccc4O3)sc3c2CCOC3)n1. The van der Waals surface area contributed by atoms with Crippen LogP contribution in [-0.2, 0) is 22.6 Å². The lowest BCUT2D eigenvalue weighted by molar-refractivity contribution is -0.125. The zero-order valence-electron chi connectivity index (χ0n) is 15.1. The van der Waals surface area contributed by atoms with Crippen LogP contribution in [0.4, 0.5) is 5.00 Å². The summed E-state index contributed by atoms with van der Waals surface area (Å²) in [4.78, 5) is 18.3. The summed E-state index contributed by atoms with van der Waals surface area (Å²) >= 11 is 1.46. The van der Waals surface area contributed by atoms with E-state index in [-0.39, 0.29) is 12.5 Å². The topological polar surface area (TPSA) is 95.7 Å². The van der Waals surface area contributed by atoms with Crippen LogP contribution in [0.3, 0.4) is 0 Å². The second kappa shape index (κ2) is 6.92. The van der Waals surface area contributed by atoms with E-state index in [2.05, 4.69) is 15.5 Å². The number of thiophene rings is 1. The van der Waals surface area contributed by atoms with Gasteiger partial charge in [-0.3, -0.25) is 4.79 Å². The third kappa shape index (κ3) is 3.02. The highest BCUT2D eigenvalue weighted by Gasteiger charge is 2.31. The van der Waals surface area contributed by atoms with Gasteiger partial charge in [0.1, 0.15) is 11.6 Å². The first-order valence-electron chi connectivity index (χ1n) is 8.91. The maximum absolute atomic E-state index is 12.9. The molecule has 28 heavy (non-hydrogen) atoms. The van der Waals surface area contributed by atoms with Crippen molar-refractivity contribution in [3.63, 3.8) is 0 Å². The molecule has 2 aromatic heterocycles. The second-order valence-electron chi connectivity index (χ2n) is 6.51. The molecule has 5 rings (SSSR count). The molecule has 0 aliphatic carbocycles. The lowest BCUT2D eigenvalue weighted by Gasteiger charge is -2.25. The van der Waals surface area contributed by atoms with Gasteiger partial charge in [-0.2, -0.15) is 4.98 Å². The molecular formula is C19H17N3O5S. The molecule has 0 fully saturated rings. The van der Waals surface area contributed by atoms with Gasteiger partial charge < -0.3 is 24.1 Å². The van der Waals surface area contributed by atoms with Crippen molar-refractivity contribution in [3.8, 4) is 23.0 Å². The minimum atomic E-state index is -0.748. The van der Waals surface area contributed by atoms with E-state index in [0.29, 0.717) is 41.4 Å². The van der Waals surface area contributed by atoms with Gasteiger partial charge in [-0.15, -0.1) is 11.3 Å². The van der Waals surface area contributed by atoms with Crippen molar-refractivity contribution in [2.24, 2.45) is 0 Å². The summed E-state index contributed by atoms with van der Waals surface area (Å²) in [5.41, 5.74) is 1.86. The highest BCUT2D eigenvalue weighted by Crippen LogP contribution is 2.42. The number of aryl methyl sites for hydroxylation is 1. The fourth-order valence-corrected chi connectivity index (χ4v) is 4.47. The van der Waals surface area contributed by atoms with E-state index in [0.717, 1.165) is 22.4 Å². The number of anilines is 1. The molecule has 2 aliphatic heterocycles. The van der Waals surface area contributed by atoms with Crippen LogP contribution in [0.5, 0.6) is 11.5 Å². The molecule has 9 heteroatoms. The molecule has 8 nitrogen and oxygen atoms in total. The number of carbonyl (C=O) groups excluding carboxylic acids is 1. The number of aromatic nitrogens is 2.